The summed E-state index contributed by atoms with van der Waals surface area (Å²) in [7, 11) is 2.05. The van der Waals surface area contributed by atoms with Gasteiger partial charge in [0.15, 0.2) is 5.16 Å². The molecule has 0 spiro atoms. The van der Waals surface area contributed by atoms with Crippen LogP contribution in [0, 0.1) is 0 Å². The van der Waals surface area contributed by atoms with Gasteiger partial charge in [0, 0.05) is 11.9 Å². The van der Waals surface area contributed by atoms with Crippen molar-refractivity contribution >= 4 is 50.2 Å². The fourth-order valence-corrected chi connectivity index (χ4v) is 5.98. The van der Waals surface area contributed by atoms with E-state index < -0.39 is 0 Å². The molecule has 3 aromatic heterocycles. The molecule has 7 heteroatoms. The predicted octanol–water partition coefficient (Wildman–Crippen LogP) is 4.72. The van der Waals surface area contributed by atoms with Crippen molar-refractivity contribution < 1.29 is 0 Å². The van der Waals surface area contributed by atoms with Crippen molar-refractivity contribution in [1.82, 2.24) is 19.5 Å². The number of para-hydroxylation sites is 2. The van der Waals surface area contributed by atoms with Gasteiger partial charge in [0.05, 0.1) is 22.2 Å². The van der Waals surface area contributed by atoms with Crippen LogP contribution in [0.1, 0.15) is 35.5 Å². The third kappa shape index (κ3) is 2.99. The maximum atomic E-state index is 6.36. The molecule has 1 aromatic carbocycles. The normalized spacial score (nSPS) is 14.6. The van der Waals surface area contributed by atoms with Crippen LogP contribution in [0.15, 0.2) is 29.4 Å². The van der Waals surface area contributed by atoms with Crippen LogP contribution >= 0.6 is 23.1 Å². The molecule has 0 fully saturated rings. The van der Waals surface area contributed by atoms with Crippen LogP contribution in [-0.4, -0.2) is 19.5 Å². The van der Waals surface area contributed by atoms with Gasteiger partial charge in [-0.05, 0) is 43.4 Å². The number of anilines is 1. The van der Waals surface area contributed by atoms with Crippen LogP contribution in [0.2, 0.25) is 0 Å². The van der Waals surface area contributed by atoms with E-state index in [1.165, 1.54) is 29.7 Å². The summed E-state index contributed by atoms with van der Waals surface area (Å²) in [6.45, 7) is 0. The van der Waals surface area contributed by atoms with E-state index >= 15 is 0 Å². The first kappa shape index (κ1) is 17.0. The number of aryl methyl sites for hydroxylation is 3. The van der Waals surface area contributed by atoms with Gasteiger partial charge in [-0.1, -0.05) is 30.3 Å². The quantitative estimate of drug-likeness (QED) is 0.401. The third-order valence-electron chi connectivity index (χ3n) is 5.22. The Kier molecular flexibility index (Phi) is 4.28. The van der Waals surface area contributed by atoms with Crippen LogP contribution in [0.4, 0.5) is 5.82 Å². The molecule has 1 aliphatic rings. The van der Waals surface area contributed by atoms with Gasteiger partial charge in [0.1, 0.15) is 16.5 Å². The highest BCUT2D eigenvalue weighted by molar-refractivity contribution is 7.98. The van der Waals surface area contributed by atoms with Gasteiger partial charge in [0.2, 0.25) is 0 Å². The van der Waals surface area contributed by atoms with E-state index in [-0.39, 0.29) is 0 Å². The van der Waals surface area contributed by atoms with E-state index in [2.05, 4.69) is 15.6 Å². The Labute approximate surface area is 166 Å². The van der Waals surface area contributed by atoms with Gasteiger partial charge in [0.25, 0.3) is 0 Å². The molecule has 0 aliphatic heterocycles. The summed E-state index contributed by atoms with van der Waals surface area (Å²) < 4.78 is 2.12. The Morgan fingerprint density at radius 2 is 1.96 bits per heavy atom. The molecule has 2 N–H and O–H groups in total. The smallest absolute Gasteiger partial charge is 0.169 e. The van der Waals surface area contributed by atoms with Gasteiger partial charge >= 0.3 is 0 Å². The van der Waals surface area contributed by atoms with Crippen molar-refractivity contribution in [2.75, 3.05) is 5.73 Å². The lowest BCUT2D eigenvalue weighted by Crippen LogP contribution is -2.00. The Hall–Kier alpha value is -2.12. The zero-order chi connectivity index (χ0) is 18.4. The van der Waals surface area contributed by atoms with Crippen LogP contribution in [0.3, 0.4) is 0 Å². The number of hydrogen-bond donors (Lipinski definition) is 1. The first-order valence-corrected chi connectivity index (χ1v) is 11.1. The molecule has 0 saturated heterocycles. The number of nitrogen functional groups attached to an aromatic ring is 1. The number of thioether (sulfide) groups is 1. The lowest BCUT2D eigenvalue weighted by Gasteiger charge is -2.05. The second-order valence-electron chi connectivity index (χ2n) is 7.00. The number of benzene rings is 1. The van der Waals surface area contributed by atoms with E-state index in [1.54, 1.807) is 11.8 Å². The fraction of sp³-hybridized carbons (Fsp3) is 0.350. The topological polar surface area (TPSA) is 69.6 Å². The molecule has 0 amide bonds. The Balaban J connectivity index is 1.46. The minimum Gasteiger partial charge on any atom is -0.383 e. The summed E-state index contributed by atoms with van der Waals surface area (Å²) in [6.07, 6.45) is 6.07. The zero-order valence-corrected chi connectivity index (χ0v) is 16.9. The van der Waals surface area contributed by atoms with Crippen LogP contribution in [-0.2, 0) is 25.6 Å². The van der Waals surface area contributed by atoms with E-state index in [1.807, 2.05) is 36.6 Å². The van der Waals surface area contributed by atoms with Crippen LogP contribution in [0.25, 0.3) is 21.3 Å². The first-order valence-electron chi connectivity index (χ1n) is 9.31. The highest BCUT2D eigenvalue weighted by atomic mass is 32.2. The van der Waals surface area contributed by atoms with E-state index in [9.17, 15) is 0 Å². The first-order chi connectivity index (χ1) is 13.2. The molecule has 0 atom stereocenters. The highest BCUT2D eigenvalue weighted by Gasteiger charge is 2.19. The molecule has 1 aliphatic carbocycles. The number of aromatic nitrogens is 4. The van der Waals surface area contributed by atoms with E-state index in [0.29, 0.717) is 11.6 Å². The van der Waals surface area contributed by atoms with Crippen molar-refractivity contribution in [2.24, 2.45) is 7.05 Å². The summed E-state index contributed by atoms with van der Waals surface area (Å²) in [5, 5.41) is 2.08. The molecule has 5 rings (SSSR count). The maximum absolute atomic E-state index is 6.36. The average molecular weight is 396 g/mol. The minimum absolute atomic E-state index is 0.639. The second kappa shape index (κ2) is 6.80. The SMILES string of the molecule is Cn1c(SCc2nc(N)c3c4c(sc3n2)CCCCC4)nc2ccccc21. The number of rotatable bonds is 3. The fourth-order valence-electron chi connectivity index (χ4n) is 3.85. The van der Waals surface area contributed by atoms with Crippen molar-refractivity contribution in [3.63, 3.8) is 0 Å². The molecule has 0 saturated carbocycles. The molecular formula is C20H21N5S2. The standard InChI is InChI=1S/C20H21N5S2/c1-25-14-9-6-5-8-13(14)22-20(25)26-11-16-23-18(21)17-12-7-3-2-4-10-15(12)27-19(17)24-16/h5-6,8-9H,2-4,7,10-11H2,1H3,(H2,21,23,24). The lowest BCUT2D eigenvalue weighted by molar-refractivity contribution is 0.713. The summed E-state index contributed by atoms with van der Waals surface area (Å²) in [6, 6.07) is 8.18. The molecular weight excluding hydrogens is 374 g/mol. The van der Waals surface area contributed by atoms with Crippen molar-refractivity contribution in [3.05, 3.63) is 40.5 Å². The molecule has 0 radical (unpaired) electrons. The van der Waals surface area contributed by atoms with Crippen molar-refractivity contribution in [1.29, 1.82) is 0 Å². The predicted molar refractivity (Wildman–Crippen MR) is 113 cm³/mol. The largest absolute Gasteiger partial charge is 0.383 e. The van der Waals surface area contributed by atoms with Gasteiger partial charge in [-0.15, -0.1) is 11.3 Å². The molecule has 5 nitrogen and oxygen atoms in total. The molecule has 0 bridgehead atoms. The van der Waals surface area contributed by atoms with E-state index in [0.717, 1.165) is 45.1 Å². The Morgan fingerprint density at radius 1 is 1.11 bits per heavy atom. The summed E-state index contributed by atoms with van der Waals surface area (Å²) >= 11 is 3.47. The zero-order valence-electron chi connectivity index (χ0n) is 15.2. The maximum Gasteiger partial charge on any atom is 0.169 e. The highest BCUT2D eigenvalue weighted by Crippen LogP contribution is 2.37. The summed E-state index contributed by atoms with van der Waals surface area (Å²) in [5.74, 6) is 2.09. The lowest BCUT2D eigenvalue weighted by atomic mass is 10.1. The summed E-state index contributed by atoms with van der Waals surface area (Å²) in [4.78, 5) is 16.7. The molecule has 3 heterocycles. The molecule has 27 heavy (non-hydrogen) atoms. The number of hydrogen-bond acceptors (Lipinski definition) is 6. The van der Waals surface area contributed by atoms with Crippen molar-refractivity contribution in [2.45, 2.75) is 43.0 Å². The van der Waals surface area contributed by atoms with Crippen LogP contribution in [0.5, 0.6) is 0 Å². The number of thiophene rings is 1. The number of nitrogens with two attached hydrogens (primary N) is 1. The second-order valence-corrected chi connectivity index (χ2v) is 9.03. The molecule has 0 unspecified atom stereocenters. The molecule has 4 aromatic rings. The molecule has 138 valence electrons. The number of nitrogens with zero attached hydrogens (tertiary/aromatic N) is 4. The van der Waals surface area contributed by atoms with Gasteiger partial charge in [-0.3, -0.25) is 0 Å². The number of fused-ring (bicyclic) bond motifs is 4. The van der Waals surface area contributed by atoms with Gasteiger partial charge < -0.3 is 10.3 Å². The third-order valence-corrected chi connectivity index (χ3v) is 7.43. The summed E-state index contributed by atoms with van der Waals surface area (Å²) in [5.41, 5.74) is 9.92. The Morgan fingerprint density at radius 3 is 2.85 bits per heavy atom. The van der Waals surface area contributed by atoms with Crippen LogP contribution < -0.4 is 5.73 Å². The van der Waals surface area contributed by atoms with Gasteiger partial charge in [-0.25, -0.2) is 15.0 Å². The monoisotopic (exact) mass is 395 g/mol. The number of imidazole rings is 1. The van der Waals surface area contributed by atoms with E-state index in [4.69, 9.17) is 15.7 Å². The van der Waals surface area contributed by atoms with Gasteiger partial charge in [-0.2, -0.15) is 0 Å². The average Bonchev–Trinajstić information content (AvgIpc) is 3.08. The minimum atomic E-state index is 0.639. The van der Waals surface area contributed by atoms with Crippen molar-refractivity contribution in [3.8, 4) is 0 Å². The Bertz CT molecular complexity index is 1140.